The minimum absolute atomic E-state index is 0.133. The molecule has 0 fully saturated rings. The van der Waals surface area contributed by atoms with E-state index in [1.54, 1.807) is 27.5 Å². The minimum atomic E-state index is 0.133. The number of nitrogens with zero attached hydrogens (tertiary/aromatic N) is 4. The van der Waals surface area contributed by atoms with Gasteiger partial charge in [-0.3, -0.25) is 0 Å². The fraction of sp³-hybridized carbons (Fsp3) is 0.185. The van der Waals surface area contributed by atoms with E-state index in [1.165, 1.54) is 0 Å². The third-order valence-corrected chi connectivity index (χ3v) is 5.50. The average molecular weight is 501 g/mol. The second kappa shape index (κ2) is 11.7. The molecule has 0 radical (unpaired) electrons. The fourth-order valence-corrected chi connectivity index (χ4v) is 3.55. The number of anilines is 2. The fourth-order valence-electron chi connectivity index (χ4n) is 3.55. The highest BCUT2D eigenvalue weighted by molar-refractivity contribution is 5.56. The molecule has 0 spiro atoms. The van der Waals surface area contributed by atoms with Crippen molar-refractivity contribution in [2.24, 2.45) is 10.2 Å². The van der Waals surface area contributed by atoms with Crippen molar-refractivity contribution in [3.05, 3.63) is 83.6 Å². The van der Waals surface area contributed by atoms with Crippen molar-refractivity contribution >= 4 is 23.1 Å². The normalized spacial score (nSPS) is 10.9. The number of nitrogen functional groups attached to an aromatic ring is 2. The topological polar surface area (TPSA) is 139 Å². The molecule has 0 amide bonds. The van der Waals surface area contributed by atoms with Gasteiger partial charge in [-0.1, -0.05) is 12.1 Å². The molecule has 0 atom stereocenters. The molecule has 0 aliphatic heterocycles. The van der Waals surface area contributed by atoms with E-state index in [-0.39, 0.29) is 5.95 Å². The van der Waals surface area contributed by atoms with Gasteiger partial charge < -0.3 is 30.4 Å². The molecule has 0 aliphatic carbocycles. The molecule has 0 saturated heterocycles. The van der Waals surface area contributed by atoms with Gasteiger partial charge in [-0.2, -0.15) is 15.2 Å². The van der Waals surface area contributed by atoms with Gasteiger partial charge in [0.2, 0.25) is 11.7 Å². The Morgan fingerprint density at radius 1 is 0.757 bits per heavy atom. The molecule has 3 aromatic carbocycles. The number of aromatic nitrogens is 2. The number of nitrogens with two attached hydrogens (primary N) is 2. The Kier molecular flexibility index (Phi) is 7.99. The maximum atomic E-state index is 6.09. The molecule has 10 nitrogen and oxygen atoms in total. The lowest BCUT2D eigenvalue weighted by molar-refractivity contribution is 0.265. The van der Waals surface area contributed by atoms with Crippen LogP contribution in [0.25, 0.3) is 0 Å². The van der Waals surface area contributed by atoms with E-state index in [9.17, 15) is 0 Å². The van der Waals surface area contributed by atoms with Gasteiger partial charge in [-0.25, -0.2) is 4.98 Å². The molecule has 4 N–H and O–H groups in total. The third kappa shape index (κ3) is 6.43. The average Bonchev–Trinajstić information content (AvgIpc) is 2.93. The summed E-state index contributed by atoms with van der Waals surface area (Å²) in [5.41, 5.74) is 15.6. The maximum absolute atomic E-state index is 6.09. The first-order valence-electron chi connectivity index (χ1n) is 11.4. The summed E-state index contributed by atoms with van der Waals surface area (Å²) in [7, 11) is 4.78. The van der Waals surface area contributed by atoms with Crippen LogP contribution in [0.2, 0.25) is 0 Å². The van der Waals surface area contributed by atoms with Gasteiger partial charge in [0.15, 0.2) is 11.5 Å². The Bertz CT molecular complexity index is 1350. The summed E-state index contributed by atoms with van der Waals surface area (Å²) in [5.74, 6) is 2.81. The number of ether oxygens (including phenoxy) is 4. The highest BCUT2D eigenvalue weighted by atomic mass is 16.5. The van der Waals surface area contributed by atoms with Crippen LogP contribution < -0.4 is 30.4 Å². The molecule has 0 unspecified atom stereocenters. The zero-order chi connectivity index (χ0) is 26.2. The van der Waals surface area contributed by atoms with Crippen molar-refractivity contribution in [2.75, 3.05) is 32.8 Å². The summed E-state index contributed by atoms with van der Waals surface area (Å²) in [5, 5.41) is 8.53. The first-order chi connectivity index (χ1) is 18.0. The number of benzene rings is 3. The summed E-state index contributed by atoms with van der Waals surface area (Å²) in [6.07, 6.45) is 2.09. The number of hydrogen-bond donors (Lipinski definition) is 2. The Morgan fingerprint density at radius 2 is 1.35 bits per heavy atom. The van der Waals surface area contributed by atoms with E-state index in [0.717, 1.165) is 33.8 Å². The monoisotopic (exact) mass is 500 g/mol. The predicted molar refractivity (Wildman–Crippen MR) is 141 cm³/mol. The van der Waals surface area contributed by atoms with E-state index in [4.69, 9.17) is 30.4 Å². The second-order valence-electron chi connectivity index (χ2n) is 8.00. The smallest absolute Gasteiger partial charge is 0.221 e. The Hall–Kier alpha value is -4.86. The highest BCUT2D eigenvalue weighted by Gasteiger charge is 2.16. The van der Waals surface area contributed by atoms with Crippen molar-refractivity contribution in [1.82, 2.24) is 9.97 Å². The van der Waals surface area contributed by atoms with Crippen LogP contribution >= 0.6 is 0 Å². The van der Waals surface area contributed by atoms with E-state index in [0.29, 0.717) is 36.1 Å². The van der Waals surface area contributed by atoms with Gasteiger partial charge >= 0.3 is 0 Å². The Labute approximate surface area is 214 Å². The molecule has 190 valence electrons. The second-order valence-corrected chi connectivity index (χ2v) is 8.00. The lowest BCUT2D eigenvalue weighted by Gasteiger charge is -2.16. The number of azo groups is 1. The van der Waals surface area contributed by atoms with Crippen molar-refractivity contribution in [3.63, 3.8) is 0 Å². The van der Waals surface area contributed by atoms with Crippen LogP contribution in [0.3, 0.4) is 0 Å². The Morgan fingerprint density at radius 3 is 1.89 bits per heavy atom. The summed E-state index contributed by atoms with van der Waals surface area (Å²) in [6, 6.07) is 18.7. The predicted octanol–water partition coefficient (Wildman–Crippen LogP) is 5.25. The summed E-state index contributed by atoms with van der Waals surface area (Å²) in [6.45, 7) is 0.306. The van der Waals surface area contributed by atoms with Crippen LogP contribution in [0.4, 0.5) is 23.1 Å². The lowest BCUT2D eigenvalue weighted by Crippen LogP contribution is -2.05. The summed E-state index contributed by atoms with van der Waals surface area (Å²) >= 11 is 0. The molecular weight excluding hydrogens is 472 g/mol. The Balaban J connectivity index is 1.44. The molecular formula is C27H28N6O4. The summed E-state index contributed by atoms with van der Waals surface area (Å²) in [4.78, 5) is 8.04. The van der Waals surface area contributed by atoms with Gasteiger partial charge in [-0.15, -0.1) is 0 Å². The van der Waals surface area contributed by atoms with Crippen LogP contribution in [0.5, 0.6) is 23.0 Å². The molecule has 4 aromatic rings. The highest BCUT2D eigenvalue weighted by Crippen LogP contribution is 2.40. The van der Waals surface area contributed by atoms with E-state index in [2.05, 4.69) is 20.2 Å². The zero-order valence-corrected chi connectivity index (χ0v) is 20.8. The van der Waals surface area contributed by atoms with E-state index >= 15 is 0 Å². The van der Waals surface area contributed by atoms with Gasteiger partial charge in [0, 0.05) is 18.2 Å². The molecule has 10 heteroatoms. The van der Waals surface area contributed by atoms with Crippen molar-refractivity contribution in [2.45, 2.75) is 13.0 Å². The van der Waals surface area contributed by atoms with Crippen LogP contribution in [-0.4, -0.2) is 31.3 Å². The van der Waals surface area contributed by atoms with Gasteiger partial charge in [0.25, 0.3) is 0 Å². The molecule has 1 aromatic heterocycles. The SMILES string of the molecule is COc1ccc(N=Nc2ccc(COc3c(OC)cc(Cc4cnc(N)nc4N)cc3OC)cc2)cc1. The lowest BCUT2D eigenvalue weighted by atomic mass is 10.1. The number of methoxy groups -OCH3 is 3. The minimum Gasteiger partial charge on any atom is -0.497 e. The van der Waals surface area contributed by atoms with Crippen molar-refractivity contribution in [3.8, 4) is 23.0 Å². The first-order valence-corrected chi connectivity index (χ1v) is 11.4. The number of rotatable bonds is 10. The van der Waals surface area contributed by atoms with Gasteiger partial charge in [0.1, 0.15) is 18.2 Å². The van der Waals surface area contributed by atoms with Crippen LogP contribution in [0, 0.1) is 0 Å². The molecule has 0 saturated carbocycles. The van der Waals surface area contributed by atoms with Gasteiger partial charge in [-0.05, 0) is 59.7 Å². The summed E-state index contributed by atoms with van der Waals surface area (Å²) < 4.78 is 22.4. The molecule has 0 bridgehead atoms. The molecule has 1 heterocycles. The van der Waals surface area contributed by atoms with Crippen LogP contribution in [-0.2, 0) is 13.0 Å². The van der Waals surface area contributed by atoms with Crippen molar-refractivity contribution < 1.29 is 18.9 Å². The van der Waals surface area contributed by atoms with Crippen LogP contribution in [0.1, 0.15) is 16.7 Å². The molecule has 4 rings (SSSR count). The zero-order valence-electron chi connectivity index (χ0n) is 20.8. The van der Waals surface area contributed by atoms with Gasteiger partial charge in [0.05, 0.1) is 32.7 Å². The largest absolute Gasteiger partial charge is 0.497 e. The third-order valence-electron chi connectivity index (χ3n) is 5.50. The van der Waals surface area contributed by atoms with E-state index in [1.807, 2.05) is 60.7 Å². The maximum Gasteiger partial charge on any atom is 0.221 e. The number of hydrogen-bond acceptors (Lipinski definition) is 10. The van der Waals surface area contributed by atoms with Crippen molar-refractivity contribution in [1.29, 1.82) is 0 Å². The standard InChI is InChI=1S/C27H28N6O4/c1-34-22-10-8-21(9-11-22)33-32-20-6-4-17(5-7-20)16-37-25-23(35-2)13-18(14-24(25)36-3)12-19-15-30-27(29)31-26(19)28/h4-11,13-15H,12,16H2,1-3H3,(H4,28,29,30,31). The molecule has 0 aliphatic rings. The first kappa shape index (κ1) is 25.2. The molecule has 37 heavy (non-hydrogen) atoms. The van der Waals surface area contributed by atoms with E-state index < -0.39 is 0 Å². The quantitative estimate of drug-likeness (QED) is 0.281. The van der Waals surface area contributed by atoms with Crippen LogP contribution in [0.15, 0.2) is 77.1 Å².